The number of hydrogen-bond acceptors (Lipinski definition) is 4. The Bertz CT molecular complexity index is 602. The van der Waals surface area contributed by atoms with Crippen molar-refractivity contribution in [3.05, 3.63) is 40.3 Å². The lowest BCUT2D eigenvalue weighted by molar-refractivity contribution is 0.0694. The molecule has 0 saturated heterocycles. The quantitative estimate of drug-likeness (QED) is 0.943. The van der Waals surface area contributed by atoms with Crippen molar-refractivity contribution in [2.24, 2.45) is 0 Å². The summed E-state index contributed by atoms with van der Waals surface area (Å²) < 4.78 is 0.773. The van der Waals surface area contributed by atoms with E-state index in [1.807, 2.05) is 13.0 Å². The van der Waals surface area contributed by atoms with E-state index in [4.69, 9.17) is 5.11 Å². The Labute approximate surface area is 112 Å². The zero-order valence-corrected chi connectivity index (χ0v) is 11.2. The van der Waals surface area contributed by atoms with Gasteiger partial charge >= 0.3 is 5.97 Å². The zero-order valence-electron chi connectivity index (χ0n) is 9.59. The van der Waals surface area contributed by atoms with E-state index in [0.717, 1.165) is 4.47 Å². The predicted molar refractivity (Wildman–Crippen MR) is 69.3 cm³/mol. The van der Waals surface area contributed by atoms with Gasteiger partial charge < -0.3 is 5.11 Å². The second kappa shape index (κ2) is 5.22. The molecule has 5 nitrogen and oxygen atoms in total. The third-order valence-corrected chi connectivity index (χ3v) is 3.04. The van der Waals surface area contributed by atoms with E-state index in [-0.39, 0.29) is 5.56 Å². The lowest BCUT2D eigenvalue weighted by atomic mass is 10.2. The molecule has 2 aromatic heterocycles. The maximum Gasteiger partial charge on any atom is 0.339 e. The zero-order chi connectivity index (χ0) is 13.1. The highest BCUT2D eigenvalue weighted by atomic mass is 79.9. The Hall–Kier alpha value is -1.82. The number of halogens is 1. The molecule has 0 fully saturated rings. The van der Waals surface area contributed by atoms with Gasteiger partial charge in [-0.3, -0.25) is 4.98 Å². The van der Waals surface area contributed by atoms with Crippen LogP contribution in [0.15, 0.2) is 29.0 Å². The molecule has 0 aliphatic rings. The first-order valence-electron chi connectivity index (χ1n) is 5.33. The summed E-state index contributed by atoms with van der Waals surface area (Å²) in [5.41, 5.74) is 1.24. The van der Waals surface area contributed by atoms with Crippen LogP contribution in [-0.2, 0) is 6.42 Å². The molecular formula is C12H10BrN3O2. The smallest absolute Gasteiger partial charge is 0.339 e. The van der Waals surface area contributed by atoms with Crippen molar-refractivity contribution < 1.29 is 9.90 Å². The molecule has 0 saturated carbocycles. The molecule has 0 spiro atoms. The van der Waals surface area contributed by atoms with E-state index in [9.17, 15) is 4.79 Å². The number of rotatable bonds is 3. The monoisotopic (exact) mass is 307 g/mol. The van der Waals surface area contributed by atoms with Crippen molar-refractivity contribution in [2.45, 2.75) is 13.3 Å². The van der Waals surface area contributed by atoms with Crippen LogP contribution in [0, 0.1) is 0 Å². The van der Waals surface area contributed by atoms with Crippen LogP contribution < -0.4 is 0 Å². The molecule has 0 aliphatic carbocycles. The summed E-state index contributed by atoms with van der Waals surface area (Å²) in [6.07, 6.45) is 3.49. The van der Waals surface area contributed by atoms with Gasteiger partial charge in [0.25, 0.3) is 0 Å². The first-order valence-corrected chi connectivity index (χ1v) is 6.13. The molecule has 0 bridgehead atoms. The SMILES string of the molecule is CCc1nc(-c2ncccc2Br)ncc1C(=O)O. The van der Waals surface area contributed by atoms with Gasteiger partial charge in [0.05, 0.1) is 11.3 Å². The molecule has 92 valence electrons. The van der Waals surface area contributed by atoms with Gasteiger partial charge in [0.1, 0.15) is 5.69 Å². The third kappa shape index (κ3) is 2.38. The first-order chi connectivity index (χ1) is 8.63. The summed E-state index contributed by atoms with van der Waals surface area (Å²) in [4.78, 5) is 23.5. The Morgan fingerprint density at radius 2 is 2.22 bits per heavy atom. The van der Waals surface area contributed by atoms with Crippen LogP contribution in [0.4, 0.5) is 0 Å². The number of nitrogens with zero attached hydrogens (tertiary/aromatic N) is 3. The summed E-state index contributed by atoms with van der Waals surface area (Å²) in [6.45, 7) is 1.85. The standard InChI is InChI=1S/C12H10BrN3O2/c1-2-9-7(12(17)18)6-15-11(16-9)10-8(13)4-3-5-14-10/h3-6H,2H2,1H3,(H,17,18). The highest BCUT2D eigenvalue weighted by Gasteiger charge is 2.14. The number of aryl methyl sites for hydroxylation is 1. The molecule has 0 amide bonds. The Morgan fingerprint density at radius 1 is 1.44 bits per heavy atom. The van der Waals surface area contributed by atoms with Crippen LogP contribution in [0.2, 0.25) is 0 Å². The molecule has 0 aliphatic heterocycles. The summed E-state index contributed by atoms with van der Waals surface area (Å²) in [5, 5.41) is 9.01. The van der Waals surface area contributed by atoms with Gasteiger partial charge in [-0.15, -0.1) is 0 Å². The second-order valence-corrected chi connectivity index (χ2v) is 4.40. The Morgan fingerprint density at radius 3 is 2.83 bits per heavy atom. The lowest BCUT2D eigenvalue weighted by Gasteiger charge is -2.06. The van der Waals surface area contributed by atoms with Gasteiger partial charge in [0.15, 0.2) is 5.82 Å². The fraction of sp³-hybridized carbons (Fsp3) is 0.167. The largest absolute Gasteiger partial charge is 0.478 e. The fourth-order valence-corrected chi connectivity index (χ4v) is 1.96. The molecule has 1 N–H and O–H groups in total. The van der Waals surface area contributed by atoms with Crippen molar-refractivity contribution in [1.29, 1.82) is 0 Å². The van der Waals surface area contributed by atoms with Gasteiger partial charge in [-0.05, 0) is 34.5 Å². The highest BCUT2D eigenvalue weighted by Crippen LogP contribution is 2.23. The molecule has 2 aromatic rings. The first kappa shape index (κ1) is 12.6. The number of hydrogen-bond donors (Lipinski definition) is 1. The number of carboxylic acid groups (broad SMARTS) is 1. The van der Waals surface area contributed by atoms with Crippen molar-refractivity contribution in [3.63, 3.8) is 0 Å². The van der Waals surface area contributed by atoms with Crippen molar-refractivity contribution in [3.8, 4) is 11.5 Å². The normalized spacial score (nSPS) is 10.3. The van der Waals surface area contributed by atoms with Crippen molar-refractivity contribution in [1.82, 2.24) is 15.0 Å². The van der Waals surface area contributed by atoms with E-state index >= 15 is 0 Å². The average Bonchev–Trinajstić information content (AvgIpc) is 2.38. The molecule has 2 heterocycles. The summed E-state index contributed by atoms with van der Waals surface area (Å²) >= 11 is 3.37. The van der Waals surface area contributed by atoms with Crippen molar-refractivity contribution >= 4 is 21.9 Å². The van der Waals surface area contributed by atoms with Crippen LogP contribution in [0.1, 0.15) is 23.0 Å². The van der Waals surface area contributed by atoms with E-state index in [1.54, 1.807) is 12.3 Å². The summed E-state index contributed by atoms with van der Waals surface area (Å²) in [6, 6.07) is 3.63. The molecule has 0 radical (unpaired) electrons. The topological polar surface area (TPSA) is 76.0 Å². The van der Waals surface area contributed by atoms with E-state index in [0.29, 0.717) is 23.6 Å². The average molecular weight is 308 g/mol. The Balaban J connectivity index is 2.55. The molecule has 2 rings (SSSR count). The van der Waals surface area contributed by atoms with E-state index < -0.39 is 5.97 Å². The summed E-state index contributed by atoms with van der Waals surface area (Å²) in [7, 11) is 0. The minimum absolute atomic E-state index is 0.133. The Kier molecular flexibility index (Phi) is 3.66. The van der Waals surface area contributed by atoms with E-state index in [2.05, 4.69) is 30.9 Å². The maximum atomic E-state index is 11.0. The third-order valence-electron chi connectivity index (χ3n) is 2.40. The molecule has 0 atom stereocenters. The van der Waals surface area contributed by atoms with Crippen LogP contribution in [-0.4, -0.2) is 26.0 Å². The summed E-state index contributed by atoms with van der Waals surface area (Å²) in [5.74, 6) is -0.595. The number of carboxylic acids is 1. The minimum atomic E-state index is -1.02. The van der Waals surface area contributed by atoms with Crippen LogP contribution in [0.5, 0.6) is 0 Å². The number of aromatic nitrogens is 3. The fourth-order valence-electron chi connectivity index (χ4n) is 1.53. The molecule has 6 heteroatoms. The molecule has 0 unspecified atom stereocenters. The molecular weight excluding hydrogens is 298 g/mol. The van der Waals surface area contributed by atoms with Crippen LogP contribution >= 0.6 is 15.9 Å². The predicted octanol–water partition coefficient (Wildman–Crippen LogP) is 2.56. The minimum Gasteiger partial charge on any atom is -0.478 e. The van der Waals surface area contributed by atoms with Gasteiger partial charge in [-0.25, -0.2) is 14.8 Å². The second-order valence-electron chi connectivity index (χ2n) is 3.55. The van der Waals surface area contributed by atoms with E-state index in [1.165, 1.54) is 6.20 Å². The van der Waals surface area contributed by atoms with Crippen LogP contribution in [0.3, 0.4) is 0 Å². The van der Waals surface area contributed by atoms with Crippen molar-refractivity contribution in [2.75, 3.05) is 0 Å². The van der Waals surface area contributed by atoms with Gasteiger partial charge in [0, 0.05) is 16.9 Å². The molecule has 0 aromatic carbocycles. The van der Waals surface area contributed by atoms with Gasteiger partial charge in [-0.2, -0.15) is 0 Å². The number of carbonyl (C=O) groups is 1. The lowest BCUT2D eigenvalue weighted by Crippen LogP contribution is -2.07. The number of pyridine rings is 1. The molecule has 18 heavy (non-hydrogen) atoms. The van der Waals surface area contributed by atoms with Gasteiger partial charge in [-0.1, -0.05) is 6.92 Å². The highest BCUT2D eigenvalue weighted by molar-refractivity contribution is 9.10. The maximum absolute atomic E-state index is 11.0. The van der Waals surface area contributed by atoms with Crippen LogP contribution in [0.25, 0.3) is 11.5 Å². The number of aromatic carboxylic acids is 1. The van der Waals surface area contributed by atoms with Gasteiger partial charge in [0.2, 0.25) is 0 Å².